The zero-order valence-corrected chi connectivity index (χ0v) is 14.5. The SMILES string of the molecule is CC(C)Oc1nc(=O)n(-c2ccccc2Cl)c2nc(C(F)(F)F)ccc12. The third kappa shape index (κ3) is 3.37. The van der Waals surface area contributed by atoms with Gasteiger partial charge in [0.15, 0.2) is 5.65 Å². The molecule has 0 N–H and O–H groups in total. The van der Waals surface area contributed by atoms with Crippen molar-refractivity contribution in [2.75, 3.05) is 0 Å². The van der Waals surface area contributed by atoms with Crippen LogP contribution in [0, 0.1) is 0 Å². The van der Waals surface area contributed by atoms with Gasteiger partial charge in [0, 0.05) is 0 Å². The first-order valence-corrected chi connectivity index (χ1v) is 7.99. The predicted octanol–water partition coefficient (Wildman–Crippen LogP) is 4.24. The largest absolute Gasteiger partial charge is 0.474 e. The van der Waals surface area contributed by atoms with E-state index in [1.165, 1.54) is 18.2 Å². The normalized spacial score (nSPS) is 12.0. The summed E-state index contributed by atoms with van der Waals surface area (Å²) in [5.41, 5.74) is -2.02. The van der Waals surface area contributed by atoms with Crippen molar-refractivity contribution in [3.8, 4) is 11.6 Å². The van der Waals surface area contributed by atoms with Gasteiger partial charge >= 0.3 is 11.9 Å². The molecule has 0 spiro atoms. The van der Waals surface area contributed by atoms with Crippen LogP contribution >= 0.6 is 11.6 Å². The lowest BCUT2D eigenvalue weighted by molar-refractivity contribution is -0.141. The van der Waals surface area contributed by atoms with Gasteiger partial charge in [-0.15, -0.1) is 0 Å². The Bertz CT molecular complexity index is 1030. The Morgan fingerprint density at radius 2 is 1.81 bits per heavy atom. The highest BCUT2D eigenvalue weighted by Crippen LogP contribution is 2.32. The quantitative estimate of drug-likeness (QED) is 0.678. The summed E-state index contributed by atoms with van der Waals surface area (Å²) < 4.78 is 45.8. The molecule has 9 heteroatoms. The molecule has 3 rings (SSSR count). The van der Waals surface area contributed by atoms with Crippen LogP contribution in [-0.2, 0) is 6.18 Å². The summed E-state index contributed by atoms with van der Waals surface area (Å²) in [7, 11) is 0. The van der Waals surface area contributed by atoms with Crippen LogP contribution in [0.3, 0.4) is 0 Å². The molecule has 0 saturated carbocycles. The van der Waals surface area contributed by atoms with Gasteiger partial charge in [-0.1, -0.05) is 23.7 Å². The lowest BCUT2D eigenvalue weighted by Crippen LogP contribution is -2.25. The van der Waals surface area contributed by atoms with E-state index in [1.54, 1.807) is 26.0 Å². The number of ether oxygens (including phenoxy) is 1. The smallest absolute Gasteiger partial charge is 0.433 e. The molecule has 0 aliphatic heterocycles. The first kappa shape index (κ1) is 18.2. The van der Waals surface area contributed by atoms with Crippen molar-refractivity contribution in [3.63, 3.8) is 0 Å². The van der Waals surface area contributed by atoms with E-state index in [9.17, 15) is 18.0 Å². The second-order valence-corrected chi connectivity index (χ2v) is 6.13. The molecular weight excluding hydrogens is 371 g/mol. The molecule has 2 heterocycles. The molecule has 0 atom stereocenters. The van der Waals surface area contributed by atoms with Crippen molar-refractivity contribution in [3.05, 3.63) is 57.6 Å². The Balaban J connectivity index is 2.42. The number of rotatable bonds is 3. The van der Waals surface area contributed by atoms with Gasteiger partial charge in [-0.05, 0) is 38.1 Å². The van der Waals surface area contributed by atoms with E-state index in [0.717, 1.165) is 10.6 Å². The van der Waals surface area contributed by atoms with E-state index in [1.807, 2.05) is 0 Å². The lowest BCUT2D eigenvalue weighted by Gasteiger charge is -2.16. The van der Waals surface area contributed by atoms with Gasteiger partial charge in [0.05, 0.1) is 22.2 Å². The zero-order chi connectivity index (χ0) is 19.1. The number of benzene rings is 1. The topological polar surface area (TPSA) is 57.0 Å². The van der Waals surface area contributed by atoms with Gasteiger partial charge in [-0.2, -0.15) is 18.2 Å². The van der Waals surface area contributed by atoms with Gasteiger partial charge in [0.1, 0.15) is 5.69 Å². The molecule has 0 unspecified atom stereocenters. The van der Waals surface area contributed by atoms with Crippen LogP contribution < -0.4 is 10.4 Å². The Labute approximate surface area is 151 Å². The molecule has 0 radical (unpaired) electrons. The summed E-state index contributed by atoms with van der Waals surface area (Å²) in [6, 6.07) is 8.25. The minimum atomic E-state index is -4.67. The second kappa shape index (κ2) is 6.60. The molecule has 0 saturated heterocycles. The van der Waals surface area contributed by atoms with E-state index in [0.29, 0.717) is 0 Å². The number of nitrogens with zero attached hydrogens (tertiary/aromatic N) is 3. The number of aromatic nitrogens is 3. The van der Waals surface area contributed by atoms with E-state index in [-0.39, 0.29) is 33.7 Å². The maximum atomic E-state index is 13.1. The monoisotopic (exact) mass is 383 g/mol. The average molecular weight is 384 g/mol. The average Bonchev–Trinajstić information content (AvgIpc) is 2.54. The minimum Gasteiger partial charge on any atom is -0.474 e. The summed E-state index contributed by atoms with van der Waals surface area (Å²) in [6.45, 7) is 3.43. The summed E-state index contributed by atoms with van der Waals surface area (Å²) in [5.74, 6) is -0.0791. The lowest BCUT2D eigenvalue weighted by atomic mass is 10.2. The van der Waals surface area contributed by atoms with Crippen molar-refractivity contribution in [2.45, 2.75) is 26.1 Å². The molecule has 2 aromatic heterocycles. The van der Waals surface area contributed by atoms with Crippen LogP contribution in [0.25, 0.3) is 16.7 Å². The number of pyridine rings is 1. The van der Waals surface area contributed by atoms with Crippen molar-refractivity contribution in [1.29, 1.82) is 0 Å². The van der Waals surface area contributed by atoms with E-state index < -0.39 is 17.6 Å². The van der Waals surface area contributed by atoms with E-state index >= 15 is 0 Å². The molecule has 0 bridgehead atoms. The Morgan fingerprint density at radius 3 is 2.42 bits per heavy atom. The van der Waals surface area contributed by atoms with Gasteiger partial charge < -0.3 is 4.74 Å². The van der Waals surface area contributed by atoms with Gasteiger partial charge in [0.2, 0.25) is 5.88 Å². The van der Waals surface area contributed by atoms with Crippen LogP contribution in [-0.4, -0.2) is 20.6 Å². The number of hydrogen-bond acceptors (Lipinski definition) is 4. The fourth-order valence-corrected chi connectivity index (χ4v) is 2.61. The second-order valence-electron chi connectivity index (χ2n) is 5.72. The molecule has 26 heavy (non-hydrogen) atoms. The zero-order valence-electron chi connectivity index (χ0n) is 13.7. The van der Waals surface area contributed by atoms with Crippen molar-refractivity contribution in [2.24, 2.45) is 0 Å². The van der Waals surface area contributed by atoms with Crippen molar-refractivity contribution >= 4 is 22.6 Å². The highest BCUT2D eigenvalue weighted by molar-refractivity contribution is 6.32. The number of alkyl halides is 3. The number of para-hydroxylation sites is 1. The van der Waals surface area contributed by atoms with E-state index in [4.69, 9.17) is 16.3 Å². The number of hydrogen-bond donors (Lipinski definition) is 0. The molecule has 0 amide bonds. The molecule has 5 nitrogen and oxygen atoms in total. The summed E-state index contributed by atoms with van der Waals surface area (Å²) >= 11 is 6.12. The Hall–Kier alpha value is -2.61. The van der Waals surface area contributed by atoms with Gasteiger partial charge in [-0.25, -0.2) is 14.3 Å². The fraction of sp³-hybridized carbons (Fsp3) is 0.235. The van der Waals surface area contributed by atoms with Crippen LogP contribution in [0.15, 0.2) is 41.2 Å². The summed E-state index contributed by atoms with van der Waals surface area (Å²) in [4.78, 5) is 20.0. The van der Waals surface area contributed by atoms with Crippen LogP contribution in [0.2, 0.25) is 5.02 Å². The van der Waals surface area contributed by atoms with Crippen molar-refractivity contribution < 1.29 is 17.9 Å². The van der Waals surface area contributed by atoms with Crippen LogP contribution in [0.4, 0.5) is 13.2 Å². The van der Waals surface area contributed by atoms with Gasteiger partial charge in [0.25, 0.3) is 0 Å². The summed E-state index contributed by atoms with van der Waals surface area (Å²) in [5, 5.41) is 0.348. The Kier molecular flexibility index (Phi) is 4.62. The molecule has 0 aliphatic rings. The van der Waals surface area contributed by atoms with Crippen LogP contribution in [0.5, 0.6) is 5.88 Å². The number of halogens is 4. The van der Waals surface area contributed by atoms with Crippen molar-refractivity contribution in [1.82, 2.24) is 14.5 Å². The number of fused-ring (bicyclic) bond motifs is 1. The Morgan fingerprint density at radius 1 is 1.12 bits per heavy atom. The van der Waals surface area contributed by atoms with Crippen LogP contribution in [0.1, 0.15) is 19.5 Å². The molecule has 1 aromatic carbocycles. The molecule has 136 valence electrons. The van der Waals surface area contributed by atoms with Gasteiger partial charge in [-0.3, -0.25) is 0 Å². The fourth-order valence-electron chi connectivity index (χ4n) is 2.39. The highest BCUT2D eigenvalue weighted by Gasteiger charge is 2.33. The molecule has 0 fully saturated rings. The highest BCUT2D eigenvalue weighted by atomic mass is 35.5. The third-order valence-corrected chi connectivity index (χ3v) is 3.76. The minimum absolute atomic E-state index is 0.0791. The molecule has 3 aromatic rings. The predicted molar refractivity (Wildman–Crippen MR) is 90.9 cm³/mol. The standard InChI is InChI=1S/C17H13ClF3N3O2/c1-9(2)26-15-10-7-8-13(17(19,20)21)22-14(10)24(16(25)23-15)12-6-4-3-5-11(12)18/h3-9H,1-2H3. The summed E-state index contributed by atoms with van der Waals surface area (Å²) in [6.07, 6.45) is -5.00. The van der Waals surface area contributed by atoms with E-state index in [2.05, 4.69) is 9.97 Å². The molecular formula is C17H13ClF3N3O2. The first-order valence-electron chi connectivity index (χ1n) is 7.61. The first-order chi connectivity index (χ1) is 12.2. The maximum Gasteiger partial charge on any atom is 0.433 e. The molecule has 0 aliphatic carbocycles. The maximum absolute atomic E-state index is 13.1. The third-order valence-electron chi connectivity index (χ3n) is 3.44.